The summed E-state index contributed by atoms with van der Waals surface area (Å²) in [5.41, 5.74) is 0.335. The molecule has 0 aliphatic carbocycles. The molecule has 1 aromatic rings. The van der Waals surface area contributed by atoms with Crippen LogP contribution in [-0.4, -0.2) is 38.9 Å². The van der Waals surface area contributed by atoms with Gasteiger partial charge in [-0.3, -0.25) is 14.9 Å². The van der Waals surface area contributed by atoms with Crippen LogP contribution in [0, 0.1) is 23.0 Å². The fourth-order valence-corrected chi connectivity index (χ4v) is 2.55. The fourth-order valence-electron chi connectivity index (χ4n) is 2.55. The summed E-state index contributed by atoms with van der Waals surface area (Å²) >= 11 is 0. The van der Waals surface area contributed by atoms with Gasteiger partial charge < -0.3 is 10.0 Å². The normalized spacial score (nSPS) is 18.8. The highest BCUT2D eigenvalue weighted by atomic mass is 16.6. The van der Waals surface area contributed by atoms with Crippen molar-refractivity contribution >= 4 is 17.5 Å². The summed E-state index contributed by atoms with van der Waals surface area (Å²) in [6.45, 7) is 6.17. The van der Waals surface area contributed by atoms with Crippen LogP contribution in [-0.2, 0) is 4.79 Å². The molecule has 8 heteroatoms. The Morgan fingerprint density at radius 3 is 2.65 bits per heavy atom. The molecule has 1 fully saturated rings. The molecular formula is C12H18N4O4. The lowest BCUT2D eigenvalue weighted by Gasteiger charge is -2.20. The summed E-state index contributed by atoms with van der Waals surface area (Å²) in [6, 6.07) is -0.0266. The first-order valence-corrected chi connectivity index (χ1v) is 6.54. The second kappa shape index (κ2) is 5.10. The summed E-state index contributed by atoms with van der Waals surface area (Å²) in [6.07, 6.45) is 0.495. The highest BCUT2D eigenvalue weighted by molar-refractivity contribution is 5.73. The molecular weight excluding hydrogens is 264 g/mol. The molecule has 1 saturated heterocycles. The van der Waals surface area contributed by atoms with Crippen LogP contribution < -0.4 is 4.90 Å². The van der Waals surface area contributed by atoms with Crippen molar-refractivity contribution in [1.29, 1.82) is 0 Å². The van der Waals surface area contributed by atoms with Crippen LogP contribution >= 0.6 is 0 Å². The third-order valence-electron chi connectivity index (χ3n) is 3.54. The van der Waals surface area contributed by atoms with Crippen molar-refractivity contribution in [3.05, 3.63) is 15.8 Å². The number of aromatic nitrogens is 2. The third kappa shape index (κ3) is 2.33. The predicted molar refractivity (Wildman–Crippen MR) is 72.0 cm³/mol. The van der Waals surface area contributed by atoms with Gasteiger partial charge in [-0.1, -0.05) is 0 Å². The molecule has 1 aliphatic rings. The van der Waals surface area contributed by atoms with Crippen molar-refractivity contribution in [1.82, 2.24) is 9.78 Å². The molecule has 1 aromatic heterocycles. The highest BCUT2D eigenvalue weighted by Crippen LogP contribution is 2.36. The van der Waals surface area contributed by atoms with Crippen molar-refractivity contribution in [2.24, 2.45) is 5.92 Å². The lowest BCUT2D eigenvalue weighted by atomic mass is 10.1. The van der Waals surface area contributed by atoms with Gasteiger partial charge in [0.05, 0.1) is 10.8 Å². The van der Waals surface area contributed by atoms with Gasteiger partial charge in [0.15, 0.2) is 0 Å². The van der Waals surface area contributed by atoms with Crippen LogP contribution in [0.25, 0.3) is 0 Å². The van der Waals surface area contributed by atoms with Gasteiger partial charge in [0, 0.05) is 19.1 Å². The smallest absolute Gasteiger partial charge is 0.333 e. The average Bonchev–Trinajstić information content (AvgIpc) is 2.91. The Balaban J connectivity index is 2.44. The Hall–Kier alpha value is -2.12. The zero-order valence-corrected chi connectivity index (χ0v) is 11.7. The molecule has 0 bridgehead atoms. The molecule has 2 rings (SSSR count). The first-order chi connectivity index (χ1) is 9.32. The van der Waals surface area contributed by atoms with E-state index in [0.29, 0.717) is 24.5 Å². The number of hydrogen-bond acceptors (Lipinski definition) is 5. The van der Waals surface area contributed by atoms with Crippen molar-refractivity contribution < 1.29 is 14.8 Å². The van der Waals surface area contributed by atoms with Gasteiger partial charge in [0.25, 0.3) is 0 Å². The van der Waals surface area contributed by atoms with E-state index in [-0.39, 0.29) is 18.3 Å². The molecule has 0 radical (unpaired) electrons. The first-order valence-electron chi connectivity index (χ1n) is 6.54. The Kier molecular flexibility index (Phi) is 3.65. The predicted octanol–water partition coefficient (Wildman–Crippen LogP) is 1.59. The second-order valence-corrected chi connectivity index (χ2v) is 5.32. The molecule has 1 unspecified atom stereocenters. The van der Waals surface area contributed by atoms with E-state index in [1.165, 1.54) is 0 Å². The molecule has 8 nitrogen and oxygen atoms in total. The molecule has 20 heavy (non-hydrogen) atoms. The van der Waals surface area contributed by atoms with Gasteiger partial charge in [-0.2, -0.15) is 5.10 Å². The largest absolute Gasteiger partial charge is 0.481 e. The molecule has 2 heterocycles. The highest BCUT2D eigenvalue weighted by Gasteiger charge is 2.36. The molecule has 0 saturated carbocycles. The third-order valence-corrected chi connectivity index (χ3v) is 3.54. The molecule has 1 aliphatic heterocycles. The summed E-state index contributed by atoms with van der Waals surface area (Å²) in [4.78, 5) is 23.6. The number of hydrogen-bond donors (Lipinski definition) is 1. The van der Waals surface area contributed by atoms with Gasteiger partial charge in [-0.25, -0.2) is 4.68 Å². The maximum atomic E-state index is 11.3. The van der Waals surface area contributed by atoms with Crippen LogP contribution in [0.5, 0.6) is 0 Å². The minimum absolute atomic E-state index is 0.0234. The molecule has 0 amide bonds. The molecule has 0 aromatic carbocycles. The van der Waals surface area contributed by atoms with Crippen molar-refractivity contribution in [3.8, 4) is 0 Å². The minimum Gasteiger partial charge on any atom is -0.481 e. The van der Waals surface area contributed by atoms with E-state index >= 15 is 0 Å². The fraction of sp³-hybridized carbons (Fsp3) is 0.667. The van der Waals surface area contributed by atoms with Gasteiger partial charge in [0.1, 0.15) is 5.69 Å². The number of anilines is 1. The molecule has 0 spiro atoms. The van der Waals surface area contributed by atoms with E-state index in [2.05, 4.69) is 5.10 Å². The van der Waals surface area contributed by atoms with Gasteiger partial charge >= 0.3 is 11.7 Å². The van der Waals surface area contributed by atoms with Crippen molar-refractivity contribution in [2.75, 3.05) is 18.0 Å². The number of nitro groups is 1. The van der Waals surface area contributed by atoms with E-state index in [1.54, 1.807) is 16.5 Å². The Bertz CT molecular complexity index is 552. The SMILES string of the molecule is Cc1nn(C(C)C)c(N2CCC(C(=O)O)C2)c1[N+](=O)[O-]. The molecule has 110 valence electrons. The van der Waals surface area contributed by atoms with E-state index in [9.17, 15) is 14.9 Å². The van der Waals surface area contributed by atoms with Crippen LogP contribution in [0.3, 0.4) is 0 Å². The number of carboxylic acid groups (broad SMARTS) is 1. The van der Waals surface area contributed by atoms with Gasteiger partial charge in [-0.15, -0.1) is 0 Å². The quantitative estimate of drug-likeness (QED) is 0.664. The molecule has 1 N–H and O–H groups in total. The minimum atomic E-state index is -0.859. The second-order valence-electron chi connectivity index (χ2n) is 5.32. The monoisotopic (exact) mass is 282 g/mol. The summed E-state index contributed by atoms with van der Waals surface area (Å²) in [7, 11) is 0. The first kappa shape index (κ1) is 14.3. The number of rotatable bonds is 4. The maximum absolute atomic E-state index is 11.3. The summed E-state index contributed by atoms with van der Waals surface area (Å²) in [5.74, 6) is -0.917. The van der Waals surface area contributed by atoms with Gasteiger partial charge in [-0.05, 0) is 27.2 Å². The zero-order chi connectivity index (χ0) is 15.0. The van der Waals surface area contributed by atoms with Crippen molar-refractivity contribution in [2.45, 2.75) is 33.2 Å². The van der Waals surface area contributed by atoms with E-state index in [1.807, 2.05) is 13.8 Å². The average molecular weight is 282 g/mol. The van der Waals surface area contributed by atoms with Crippen LogP contribution in [0.4, 0.5) is 11.5 Å². The Morgan fingerprint density at radius 2 is 2.20 bits per heavy atom. The number of carboxylic acids is 1. The molecule has 1 atom stereocenters. The number of aryl methyl sites for hydroxylation is 1. The summed E-state index contributed by atoms with van der Waals surface area (Å²) < 4.78 is 1.61. The summed E-state index contributed by atoms with van der Waals surface area (Å²) in [5, 5.41) is 24.5. The number of aliphatic carboxylic acids is 1. The zero-order valence-electron chi connectivity index (χ0n) is 11.7. The maximum Gasteiger partial charge on any atom is 0.333 e. The topological polar surface area (TPSA) is 102 Å². The lowest BCUT2D eigenvalue weighted by molar-refractivity contribution is -0.384. The van der Waals surface area contributed by atoms with Crippen molar-refractivity contribution in [3.63, 3.8) is 0 Å². The number of nitrogens with zero attached hydrogens (tertiary/aromatic N) is 4. The van der Waals surface area contributed by atoms with Gasteiger partial charge in [0.2, 0.25) is 5.82 Å². The van der Waals surface area contributed by atoms with E-state index < -0.39 is 16.8 Å². The Labute approximate surface area is 116 Å². The number of carbonyl (C=O) groups is 1. The standard InChI is InChI=1S/C12H18N4O4/c1-7(2)15-11(10(16(19)20)8(3)13-15)14-5-4-9(6-14)12(17)18/h7,9H,4-6H2,1-3H3,(H,17,18). The lowest BCUT2D eigenvalue weighted by Crippen LogP contribution is -2.26. The Morgan fingerprint density at radius 1 is 1.55 bits per heavy atom. The van der Waals surface area contributed by atoms with Crippen LogP contribution in [0.15, 0.2) is 0 Å². The van der Waals surface area contributed by atoms with Crippen LogP contribution in [0.2, 0.25) is 0 Å². The van der Waals surface area contributed by atoms with Crippen LogP contribution in [0.1, 0.15) is 32.0 Å². The van der Waals surface area contributed by atoms with E-state index in [4.69, 9.17) is 5.11 Å². The van der Waals surface area contributed by atoms with E-state index in [0.717, 1.165) is 0 Å².